The maximum absolute atomic E-state index is 3.42. The van der Waals surface area contributed by atoms with E-state index in [0.29, 0.717) is 0 Å². The lowest BCUT2D eigenvalue weighted by Gasteiger charge is -2.26. The van der Waals surface area contributed by atoms with Crippen LogP contribution in [0.1, 0.15) is 24.5 Å². The smallest absolute Gasteiger partial charge is 0.0480 e. The van der Waals surface area contributed by atoms with Crippen molar-refractivity contribution in [2.45, 2.75) is 26.2 Å². The van der Waals surface area contributed by atoms with Crippen molar-refractivity contribution < 1.29 is 0 Å². The minimum absolute atomic E-state index is 1.12. The molecule has 2 aromatic rings. The van der Waals surface area contributed by atoms with Crippen molar-refractivity contribution in [3.8, 4) is 0 Å². The van der Waals surface area contributed by atoms with Gasteiger partial charge >= 0.3 is 0 Å². The number of nitrogens with one attached hydrogen (secondary N) is 1. The summed E-state index contributed by atoms with van der Waals surface area (Å²) >= 11 is 0. The summed E-state index contributed by atoms with van der Waals surface area (Å²) in [4.78, 5) is 2.58. The molecule has 1 fully saturated rings. The van der Waals surface area contributed by atoms with Gasteiger partial charge in [-0.1, -0.05) is 13.0 Å². The van der Waals surface area contributed by atoms with Crippen molar-refractivity contribution >= 4 is 10.9 Å². The standard InChI is InChI=1S/C18H27N3/c1-3-15-6-7-18-17(13-15)16(14-20(18)2)5-4-10-21-11-8-19-9-12-21/h6-7,13-14,19H,3-5,8-12H2,1-2H3. The third-order valence-electron chi connectivity index (χ3n) is 4.67. The van der Waals surface area contributed by atoms with Gasteiger partial charge < -0.3 is 14.8 Å². The van der Waals surface area contributed by atoms with Crippen LogP contribution in [0.5, 0.6) is 0 Å². The zero-order valence-electron chi connectivity index (χ0n) is 13.4. The van der Waals surface area contributed by atoms with E-state index in [9.17, 15) is 0 Å². The third kappa shape index (κ3) is 3.30. The van der Waals surface area contributed by atoms with Crippen LogP contribution in [0.2, 0.25) is 0 Å². The molecule has 1 aliphatic heterocycles. The van der Waals surface area contributed by atoms with E-state index in [1.54, 1.807) is 0 Å². The van der Waals surface area contributed by atoms with E-state index in [0.717, 1.165) is 19.5 Å². The highest BCUT2D eigenvalue weighted by atomic mass is 15.2. The van der Waals surface area contributed by atoms with Gasteiger partial charge in [0, 0.05) is 50.3 Å². The topological polar surface area (TPSA) is 20.2 Å². The van der Waals surface area contributed by atoms with Crippen molar-refractivity contribution in [3.05, 3.63) is 35.5 Å². The fraction of sp³-hybridized carbons (Fsp3) is 0.556. The summed E-state index contributed by atoms with van der Waals surface area (Å²) in [5.74, 6) is 0. The molecule has 1 saturated heterocycles. The third-order valence-corrected chi connectivity index (χ3v) is 4.67. The van der Waals surface area contributed by atoms with Crippen LogP contribution in [0.4, 0.5) is 0 Å². The second-order valence-electron chi connectivity index (χ2n) is 6.17. The molecule has 21 heavy (non-hydrogen) atoms. The van der Waals surface area contributed by atoms with Crippen LogP contribution < -0.4 is 5.32 Å². The molecule has 0 atom stereocenters. The van der Waals surface area contributed by atoms with Crippen molar-refractivity contribution in [1.29, 1.82) is 0 Å². The summed E-state index contributed by atoms with van der Waals surface area (Å²) in [6.07, 6.45) is 5.89. The summed E-state index contributed by atoms with van der Waals surface area (Å²) in [7, 11) is 2.16. The molecular formula is C18H27N3. The fourth-order valence-electron chi connectivity index (χ4n) is 3.37. The molecule has 3 nitrogen and oxygen atoms in total. The monoisotopic (exact) mass is 285 g/mol. The molecule has 0 unspecified atom stereocenters. The van der Waals surface area contributed by atoms with Gasteiger partial charge in [-0.25, -0.2) is 0 Å². The van der Waals surface area contributed by atoms with Gasteiger partial charge in [-0.15, -0.1) is 0 Å². The van der Waals surface area contributed by atoms with Gasteiger partial charge in [-0.05, 0) is 49.1 Å². The molecule has 1 N–H and O–H groups in total. The van der Waals surface area contributed by atoms with E-state index in [2.05, 4.69) is 53.2 Å². The van der Waals surface area contributed by atoms with Gasteiger partial charge in [-0.3, -0.25) is 0 Å². The van der Waals surface area contributed by atoms with E-state index in [1.165, 1.54) is 54.5 Å². The number of nitrogens with zero attached hydrogens (tertiary/aromatic N) is 2. The molecule has 1 aromatic carbocycles. The maximum Gasteiger partial charge on any atom is 0.0480 e. The Balaban J connectivity index is 1.68. The summed E-state index contributed by atoms with van der Waals surface area (Å²) < 4.78 is 2.27. The number of fused-ring (bicyclic) bond motifs is 1. The number of benzene rings is 1. The van der Waals surface area contributed by atoms with Crippen molar-refractivity contribution in [2.75, 3.05) is 32.7 Å². The van der Waals surface area contributed by atoms with Crippen LogP contribution in [0, 0.1) is 0 Å². The van der Waals surface area contributed by atoms with Gasteiger partial charge in [0.1, 0.15) is 0 Å². The number of rotatable bonds is 5. The predicted octanol–water partition coefficient (Wildman–Crippen LogP) is 2.58. The van der Waals surface area contributed by atoms with Gasteiger partial charge in [0.2, 0.25) is 0 Å². The van der Waals surface area contributed by atoms with Crippen LogP contribution in [0.3, 0.4) is 0 Å². The molecule has 0 aliphatic carbocycles. The first kappa shape index (κ1) is 14.6. The number of hydrogen-bond donors (Lipinski definition) is 1. The first-order valence-corrected chi connectivity index (χ1v) is 8.28. The van der Waals surface area contributed by atoms with Crippen LogP contribution >= 0.6 is 0 Å². The number of aromatic nitrogens is 1. The van der Waals surface area contributed by atoms with Crippen molar-refractivity contribution in [1.82, 2.24) is 14.8 Å². The van der Waals surface area contributed by atoms with Crippen LogP contribution in [-0.4, -0.2) is 42.2 Å². The first-order valence-electron chi connectivity index (χ1n) is 8.28. The predicted molar refractivity (Wildman–Crippen MR) is 89.9 cm³/mol. The van der Waals surface area contributed by atoms with Gasteiger partial charge in [-0.2, -0.15) is 0 Å². The lowest BCUT2D eigenvalue weighted by Crippen LogP contribution is -2.43. The fourth-order valence-corrected chi connectivity index (χ4v) is 3.37. The Hall–Kier alpha value is -1.32. The Bertz CT molecular complexity index is 594. The summed E-state index contributed by atoms with van der Waals surface area (Å²) in [5.41, 5.74) is 4.32. The molecule has 1 aromatic heterocycles. The Kier molecular flexibility index (Phi) is 4.61. The molecule has 0 spiro atoms. The normalized spacial score (nSPS) is 16.7. The van der Waals surface area contributed by atoms with Crippen molar-refractivity contribution in [2.24, 2.45) is 7.05 Å². The largest absolute Gasteiger partial charge is 0.350 e. The van der Waals surface area contributed by atoms with Gasteiger partial charge in [0.25, 0.3) is 0 Å². The second kappa shape index (κ2) is 6.63. The molecule has 1 aliphatic rings. The highest BCUT2D eigenvalue weighted by Gasteiger charge is 2.11. The molecule has 0 amide bonds. The molecule has 114 valence electrons. The van der Waals surface area contributed by atoms with Crippen molar-refractivity contribution in [3.63, 3.8) is 0 Å². The maximum atomic E-state index is 3.42. The zero-order chi connectivity index (χ0) is 14.7. The summed E-state index contributed by atoms with van der Waals surface area (Å²) in [6.45, 7) is 8.16. The van der Waals surface area contributed by atoms with Crippen LogP contribution in [0.25, 0.3) is 10.9 Å². The highest BCUT2D eigenvalue weighted by Crippen LogP contribution is 2.23. The first-order chi connectivity index (χ1) is 10.3. The Morgan fingerprint density at radius 2 is 2.00 bits per heavy atom. The summed E-state index contributed by atoms with van der Waals surface area (Å²) in [5, 5.41) is 4.87. The SMILES string of the molecule is CCc1ccc2c(c1)c(CCCN1CCNCC1)cn2C. The average molecular weight is 285 g/mol. The molecule has 0 bridgehead atoms. The lowest BCUT2D eigenvalue weighted by atomic mass is 10.0. The van der Waals surface area contributed by atoms with E-state index < -0.39 is 0 Å². The quantitative estimate of drug-likeness (QED) is 0.911. The molecule has 0 saturated carbocycles. The average Bonchev–Trinajstić information content (AvgIpc) is 2.84. The minimum Gasteiger partial charge on any atom is -0.350 e. The number of piperazine rings is 1. The summed E-state index contributed by atoms with van der Waals surface area (Å²) in [6, 6.07) is 6.91. The van der Waals surface area contributed by atoms with Crippen LogP contribution in [-0.2, 0) is 19.9 Å². The Morgan fingerprint density at radius 1 is 1.19 bits per heavy atom. The number of aryl methyl sites for hydroxylation is 3. The highest BCUT2D eigenvalue weighted by molar-refractivity contribution is 5.84. The molecular weight excluding hydrogens is 258 g/mol. The minimum atomic E-state index is 1.12. The van der Waals surface area contributed by atoms with Gasteiger partial charge in [0.05, 0.1) is 0 Å². The van der Waals surface area contributed by atoms with E-state index in [1.807, 2.05) is 0 Å². The number of hydrogen-bond acceptors (Lipinski definition) is 2. The molecule has 0 radical (unpaired) electrons. The second-order valence-corrected chi connectivity index (χ2v) is 6.17. The van der Waals surface area contributed by atoms with E-state index >= 15 is 0 Å². The molecule has 3 rings (SSSR count). The molecule has 3 heteroatoms. The van der Waals surface area contributed by atoms with Crippen LogP contribution in [0.15, 0.2) is 24.4 Å². The lowest BCUT2D eigenvalue weighted by molar-refractivity contribution is 0.238. The Labute approximate surface area is 127 Å². The van der Waals surface area contributed by atoms with E-state index in [4.69, 9.17) is 0 Å². The molecule has 2 heterocycles. The van der Waals surface area contributed by atoms with E-state index in [-0.39, 0.29) is 0 Å². The van der Waals surface area contributed by atoms with Gasteiger partial charge in [0.15, 0.2) is 0 Å². The zero-order valence-corrected chi connectivity index (χ0v) is 13.4. The Morgan fingerprint density at radius 3 is 2.76 bits per heavy atom.